The fourth-order valence-electron chi connectivity index (χ4n) is 4.59. The maximum Gasteiger partial charge on any atom is 0.278 e. The predicted molar refractivity (Wildman–Crippen MR) is 136 cm³/mol. The van der Waals surface area contributed by atoms with Crippen molar-refractivity contribution < 1.29 is 9.59 Å². The molecule has 0 atom stereocenters. The summed E-state index contributed by atoms with van der Waals surface area (Å²) in [6, 6.07) is 23.7. The lowest BCUT2D eigenvalue weighted by Crippen LogP contribution is -2.35. The Kier molecular flexibility index (Phi) is 5.54. The van der Waals surface area contributed by atoms with Gasteiger partial charge < -0.3 is 9.88 Å². The second kappa shape index (κ2) is 8.67. The van der Waals surface area contributed by atoms with Crippen LogP contribution in [0.2, 0.25) is 0 Å². The van der Waals surface area contributed by atoms with Crippen LogP contribution in [0.15, 0.2) is 84.7 Å². The van der Waals surface area contributed by atoms with E-state index in [0.29, 0.717) is 24.2 Å². The van der Waals surface area contributed by atoms with E-state index in [9.17, 15) is 9.59 Å². The molecule has 0 unspecified atom stereocenters. The van der Waals surface area contributed by atoms with E-state index in [1.807, 2.05) is 98.7 Å². The van der Waals surface area contributed by atoms with Gasteiger partial charge in [0.05, 0.1) is 5.57 Å². The third-order valence-electron chi connectivity index (χ3n) is 6.70. The number of carbonyl (C=O) groups excluding carboxylic acids is 2. The highest BCUT2D eigenvalue weighted by Crippen LogP contribution is 2.34. The van der Waals surface area contributed by atoms with E-state index in [-0.39, 0.29) is 11.8 Å². The molecule has 0 radical (unpaired) electrons. The molecule has 0 aliphatic carbocycles. The number of nitrogens with zero attached hydrogens (tertiary/aromatic N) is 2. The number of aryl methyl sites for hydroxylation is 2. The van der Waals surface area contributed by atoms with E-state index < -0.39 is 0 Å². The molecule has 0 saturated heterocycles. The van der Waals surface area contributed by atoms with Gasteiger partial charge in [0.1, 0.15) is 5.70 Å². The third-order valence-corrected chi connectivity index (χ3v) is 6.70. The number of H-pyrrole nitrogens is 1. The van der Waals surface area contributed by atoms with Gasteiger partial charge in [-0.3, -0.25) is 14.5 Å². The number of aromatic nitrogens is 1. The highest BCUT2D eigenvalue weighted by Gasteiger charge is 2.41. The van der Waals surface area contributed by atoms with Gasteiger partial charge in [-0.15, -0.1) is 0 Å². The van der Waals surface area contributed by atoms with Crippen LogP contribution >= 0.6 is 0 Å². The number of carbonyl (C=O) groups is 2. The number of hydrogen-bond donors (Lipinski definition) is 1. The number of amides is 2. The summed E-state index contributed by atoms with van der Waals surface area (Å²) in [5.41, 5.74) is 6.88. The molecule has 1 aliphatic heterocycles. The molecular formula is C29H27N3O2. The van der Waals surface area contributed by atoms with Gasteiger partial charge in [-0.1, -0.05) is 54.6 Å². The van der Waals surface area contributed by atoms with Crippen molar-refractivity contribution >= 4 is 34.0 Å². The largest absolute Gasteiger partial charge is 0.361 e. The average Bonchev–Trinajstić information content (AvgIpc) is 3.37. The van der Waals surface area contributed by atoms with Gasteiger partial charge in [0, 0.05) is 36.4 Å². The fraction of sp³-hybridized carbons (Fsp3) is 0.172. The summed E-state index contributed by atoms with van der Waals surface area (Å²) in [5, 5.41) is 1.12. The van der Waals surface area contributed by atoms with Crippen molar-refractivity contribution in [3.63, 3.8) is 0 Å². The minimum Gasteiger partial charge on any atom is -0.361 e. The quantitative estimate of drug-likeness (QED) is 0.410. The normalized spacial score (nSPS) is 13.9. The molecule has 5 rings (SSSR count). The Hall–Kier alpha value is -4.12. The molecule has 0 spiro atoms. The monoisotopic (exact) mass is 449 g/mol. The number of anilines is 1. The topological polar surface area (TPSA) is 56.4 Å². The number of para-hydroxylation sites is 2. The molecular weight excluding hydrogens is 422 g/mol. The number of aromatic amines is 1. The van der Waals surface area contributed by atoms with Crippen LogP contribution in [0.25, 0.3) is 16.5 Å². The number of imide groups is 1. The molecule has 1 N–H and O–H groups in total. The number of nitrogens with one attached hydrogen (secondary N) is 1. The number of benzene rings is 3. The van der Waals surface area contributed by atoms with E-state index in [1.54, 1.807) is 0 Å². The zero-order chi connectivity index (χ0) is 23.8. The van der Waals surface area contributed by atoms with Crippen LogP contribution in [0.3, 0.4) is 0 Å². The first kappa shape index (κ1) is 21.7. The highest BCUT2D eigenvalue weighted by atomic mass is 16.2. The summed E-state index contributed by atoms with van der Waals surface area (Å²) in [5.74, 6) is -0.504. The van der Waals surface area contributed by atoms with Crippen LogP contribution in [-0.2, 0) is 16.0 Å². The Morgan fingerprint density at radius 2 is 1.59 bits per heavy atom. The first-order valence-electron chi connectivity index (χ1n) is 11.5. The molecule has 2 heterocycles. The maximum absolute atomic E-state index is 13.7. The molecule has 5 nitrogen and oxygen atoms in total. The van der Waals surface area contributed by atoms with Crippen molar-refractivity contribution in [2.45, 2.75) is 20.3 Å². The van der Waals surface area contributed by atoms with E-state index in [0.717, 1.165) is 38.8 Å². The molecule has 170 valence electrons. The van der Waals surface area contributed by atoms with Gasteiger partial charge in [-0.05, 0) is 60.7 Å². The smallest absolute Gasteiger partial charge is 0.278 e. The molecule has 3 aromatic carbocycles. The van der Waals surface area contributed by atoms with Gasteiger partial charge in [0.15, 0.2) is 0 Å². The van der Waals surface area contributed by atoms with Gasteiger partial charge in [-0.2, -0.15) is 0 Å². The lowest BCUT2D eigenvalue weighted by atomic mass is 9.99. The number of rotatable bonds is 6. The van der Waals surface area contributed by atoms with E-state index in [4.69, 9.17) is 0 Å². The zero-order valence-corrected chi connectivity index (χ0v) is 19.6. The number of fused-ring (bicyclic) bond motifs is 1. The third kappa shape index (κ3) is 3.69. The minimum absolute atomic E-state index is 0.245. The van der Waals surface area contributed by atoms with Crippen LogP contribution in [0.5, 0.6) is 0 Å². The summed E-state index contributed by atoms with van der Waals surface area (Å²) in [6.07, 6.45) is 2.55. The molecule has 1 aromatic heterocycles. The minimum atomic E-state index is -0.260. The van der Waals surface area contributed by atoms with Gasteiger partial charge >= 0.3 is 0 Å². The summed E-state index contributed by atoms with van der Waals surface area (Å²) in [6.45, 7) is 4.38. The summed E-state index contributed by atoms with van der Waals surface area (Å²) >= 11 is 0. The first-order valence-corrected chi connectivity index (χ1v) is 11.5. The van der Waals surface area contributed by atoms with Crippen molar-refractivity contribution in [1.29, 1.82) is 0 Å². The zero-order valence-electron chi connectivity index (χ0n) is 19.6. The molecule has 0 bridgehead atoms. The Balaban J connectivity index is 1.52. The van der Waals surface area contributed by atoms with Gasteiger partial charge in [-0.25, -0.2) is 0 Å². The Labute approximate surface area is 199 Å². The Morgan fingerprint density at radius 3 is 2.35 bits per heavy atom. The fourth-order valence-corrected chi connectivity index (χ4v) is 4.59. The van der Waals surface area contributed by atoms with Crippen LogP contribution < -0.4 is 4.90 Å². The standard InChI is InChI=1S/C29H27N3O2/c1-19-13-14-21(17-20(19)2)26-27(31(3)23-9-5-4-6-10-23)29(34)32(28(26)33)16-15-22-18-30-25-12-8-7-11-24(22)25/h4-14,17-18,30H,15-16H2,1-3H3. The lowest BCUT2D eigenvalue weighted by Gasteiger charge is -2.21. The van der Waals surface area contributed by atoms with E-state index >= 15 is 0 Å². The number of likely N-dealkylation sites (N-methyl/N-ethyl adjacent to an activating group) is 1. The van der Waals surface area contributed by atoms with E-state index in [2.05, 4.69) is 11.1 Å². The molecule has 0 fully saturated rings. The van der Waals surface area contributed by atoms with Crippen LogP contribution in [0, 0.1) is 13.8 Å². The van der Waals surface area contributed by atoms with Crippen LogP contribution in [0.4, 0.5) is 5.69 Å². The molecule has 4 aromatic rings. The van der Waals surface area contributed by atoms with Gasteiger partial charge in [0.25, 0.3) is 11.8 Å². The Bertz CT molecular complexity index is 1430. The molecule has 34 heavy (non-hydrogen) atoms. The molecule has 2 amide bonds. The summed E-state index contributed by atoms with van der Waals surface area (Å²) in [4.78, 5) is 33.9. The summed E-state index contributed by atoms with van der Waals surface area (Å²) < 4.78 is 0. The summed E-state index contributed by atoms with van der Waals surface area (Å²) in [7, 11) is 1.85. The molecule has 0 saturated carbocycles. The van der Waals surface area contributed by atoms with Crippen LogP contribution in [-0.4, -0.2) is 35.3 Å². The predicted octanol–water partition coefficient (Wildman–Crippen LogP) is 5.24. The molecule has 1 aliphatic rings. The van der Waals surface area contributed by atoms with Crippen molar-refractivity contribution in [2.75, 3.05) is 18.5 Å². The first-order chi connectivity index (χ1) is 16.5. The SMILES string of the molecule is Cc1ccc(C2=C(N(C)c3ccccc3)C(=O)N(CCc3c[nH]c4ccccc34)C2=O)cc1C. The number of hydrogen-bond acceptors (Lipinski definition) is 3. The van der Waals surface area contributed by atoms with Crippen LogP contribution in [0.1, 0.15) is 22.3 Å². The Morgan fingerprint density at radius 1 is 0.853 bits per heavy atom. The maximum atomic E-state index is 13.7. The van der Waals surface area contributed by atoms with Crippen molar-refractivity contribution in [2.24, 2.45) is 0 Å². The second-order valence-corrected chi connectivity index (χ2v) is 8.79. The van der Waals surface area contributed by atoms with Crippen molar-refractivity contribution in [3.8, 4) is 0 Å². The lowest BCUT2D eigenvalue weighted by molar-refractivity contribution is -0.136. The van der Waals surface area contributed by atoms with Crippen molar-refractivity contribution in [3.05, 3.63) is 107 Å². The van der Waals surface area contributed by atoms with E-state index in [1.165, 1.54) is 4.90 Å². The second-order valence-electron chi connectivity index (χ2n) is 8.79. The molecule has 5 heteroatoms. The van der Waals surface area contributed by atoms with Crippen molar-refractivity contribution in [1.82, 2.24) is 9.88 Å². The van der Waals surface area contributed by atoms with Gasteiger partial charge in [0.2, 0.25) is 0 Å². The average molecular weight is 450 g/mol. The highest BCUT2D eigenvalue weighted by molar-refractivity contribution is 6.36.